The maximum Gasteiger partial charge on any atom is 0.232 e. The molecule has 84 valence electrons. The zero-order valence-electron chi connectivity index (χ0n) is 9.05. The summed E-state index contributed by atoms with van der Waals surface area (Å²) in [6.07, 6.45) is 3.11. The molecule has 1 saturated carbocycles. The van der Waals surface area contributed by atoms with E-state index in [0.717, 1.165) is 37.2 Å². The molecule has 2 aliphatic rings. The summed E-state index contributed by atoms with van der Waals surface area (Å²) in [4.78, 5) is 12.1. The third-order valence-corrected chi connectivity index (χ3v) is 3.70. The van der Waals surface area contributed by atoms with Gasteiger partial charge in [-0.2, -0.15) is 0 Å². The third-order valence-electron chi connectivity index (χ3n) is 3.70. The molecule has 1 aromatic rings. The van der Waals surface area contributed by atoms with Crippen LogP contribution in [0.4, 0.5) is 17.1 Å². The molecule has 0 bridgehead atoms. The maximum absolute atomic E-state index is 12.1. The lowest BCUT2D eigenvalue weighted by molar-refractivity contribution is -0.129. The van der Waals surface area contributed by atoms with E-state index >= 15 is 0 Å². The summed E-state index contributed by atoms with van der Waals surface area (Å²) in [6.45, 7) is 0.718. The van der Waals surface area contributed by atoms with E-state index in [1.165, 1.54) is 0 Å². The predicted octanol–water partition coefficient (Wildman–Crippen LogP) is 1.80. The number of nitrogens with two attached hydrogens (primary N) is 1. The summed E-state index contributed by atoms with van der Waals surface area (Å²) < 4.78 is 0. The lowest BCUT2D eigenvalue weighted by Gasteiger charge is -2.38. The van der Waals surface area contributed by atoms with Crippen LogP contribution in [0.2, 0.25) is 0 Å². The molecule has 0 radical (unpaired) electrons. The van der Waals surface area contributed by atoms with Crippen molar-refractivity contribution in [3.05, 3.63) is 18.2 Å². The highest BCUT2D eigenvalue weighted by molar-refractivity contribution is 6.00. The lowest BCUT2D eigenvalue weighted by atomic mass is 9.68. The van der Waals surface area contributed by atoms with Crippen molar-refractivity contribution in [2.24, 2.45) is 5.41 Å². The molecule has 1 aliphatic heterocycles. The number of carbonyl (C=O) groups is 1. The molecular weight excluding hydrogens is 202 g/mol. The minimum absolute atomic E-state index is 0.148. The molecule has 1 fully saturated rings. The number of rotatable bonds is 0. The van der Waals surface area contributed by atoms with Crippen LogP contribution in [0.15, 0.2) is 18.2 Å². The maximum atomic E-state index is 12.1. The Bertz CT molecular complexity index is 452. The van der Waals surface area contributed by atoms with Gasteiger partial charge in [-0.15, -0.1) is 0 Å². The van der Waals surface area contributed by atoms with Crippen LogP contribution in [0, 0.1) is 5.41 Å². The first-order chi connectivity index (χ1) is 7.70. The van der Waals surface area contributed by atoms with E-state index in [1.807, 2.05) is 12.1 Å². The Kier molecular flexibility index (Phi) is 1.87. The number of fused-ring (bicyclic) bond motifs is 1. The van der Waals surface area contributed by atoms with Crippen LogP contribution in [0.25, 0.3) is 0 Å². The quantitative estimate of drug-likeness (QED) is 0.580. The molecular formula is C12H15N3O. The van der Waals surface area contributed by atoms with Crippen LogP contribution < -0.4 is 16.4 Å². The van der Waals surface area contributed by atoms with Crippen LogP contribution in [0.5, 0.6) is 0 Å². The number of hydrogen-bond donors (Lipinski definition) is 3. The van der Waals surface area contributed by atoms with E-state index in [1.54, 1.807) is 6.07 Å². The highest BCUT2D eigenvalue weighted by Gasteiger charge is 2.45. The monoisotopic (exact) mass is 217 g/mol. The van der Waals surface area contributed by atoms with Gasteiger partial charge in [0.25, 0.3) is 0 Å². The van der Waals surface area contributed by atoms with Gasteiger partial charge in [-0.1, -0.05) is 6.42 Å². The number of benzene rings is 1. The predicted molar refractivity (Wildman–Crippen MR) is 64.3 cm³/mol. The SMILES string of the molecule is Nc1ccc2c(c1)NCC1(CCC1)C(=O)N2. The summed E-state index contributed by atoms with van der Waals surface area (Å²) in [5, 5.41) is 6.31. The Hall–Kier alpha value is -1.71. The Morgan fingerprint density at radius 3 is 2.75 bits per heavy atom. The molecule has 4 nitrogen and oxygen atoms in total. The summed E-state index contributed by atoms with van der Waals surface area (Å²) in [6, 6.07) is 5.53. The van der Waals surface area contributed by atoms with Crippen molar-refractivity contribution < 1.29 is 4.79 Å². The molecule has 0 unspecified atom stereocenters. The van der Waals surface area contributed by atoms with Gasteiger partial charge in [0, 0.05) is 12.2 Å². The fraction of sp³-hybridized carbons (Fsp3) is 0.417. The normalized spacial score (nSPS) is 21.4. The van der Waals surface area contributed by atoms with Gasteiger partial charge >= 0.3 is 0 Å². The van der Waals surface area contributed by atoms with Crippen LogP contribution >= 0.6 is 0 Å². The number of nitrogen functional groups attached to an aromatic ring is 1. The molecule has 0 saturated heterocycles. The van der Waals surface area contributed by atoms with E-state index in [9.17, 15) is 4.79 Å². The van der Waals surface area contributed by atoms with E-state index in [-0.39, 0.29) is 11.3 Å². The second-order valence-corrected chi connectivity index (χ2v) is 4.75. The first-order valence-corrected chi connectivity index (χ1v) is 5.65. The molecule has 0 atom stereocenters. The standard InChI is InChI=1S/C12H15N3O/c13-8-2-3-9-10(6-8)14-7-12(4-1-5-12)11(16)15-9/h2-3,6,14H,1,4-5,7,13H2,(H,15,16). The van der Waals surface area contributed by atoms with Crippen molar-refractivity contribution in [2.45, 2.75) is 19.3 Å². The summed E-state index contributed by atoms with van der Waals surface area (Å²) in [5.74, 6) is 0.148. The summed E-state index contributed by atoms with van der Waals surface area (Å²) >= 11 is 0. The van der Waals surface area contributed by atoms with Gasteiger partial charge in [-0.25, -0.2) is 0 Å². The second kappa shape index (κ2) is 3.14. The van der Waals surface area contributed by atoms with Crippen molar-refractivity contribution in [2.75, 3.05) is 22.9 Å². The molecule has 4 heteroatoms. The van der Waals surface area contributed by atoms with Gasteiger partial charge < -0.3 is 16.4 Å². The molecule has 1 spiro atoms. The minimum Gasteiger partial charge on any atom is -0.399 e. The number of amides is 1. The molecule has 1 heterocycles. The van der Waals surface area contributed by atoms with Crippen LogP contribution in [0.3, 0.4) is 0 Å². The molecule has 1 aliphatic carbocycles. The van der Waals surface area contributed by atoms with Crippen molar-refractivity contribution >= 4 is 23.0 Å². The van der Waals surface area contributed by atoms with Gasteiger partial charge in [0.1, 0.15) is 0 Å². The van der Waals surface area contributed by atoms with Crippen molar-refractivity contribution in [1.82, 2.24) is 0 Å². The van der Waals surface area contributed by atoms with Crippen LogP contribution in [-0.4, -0.2) is 12.5 Å². The molecule has 1 aromatic carbocycles. The second-order valence-electron chi connectivity index (χ2n) is 4.75. The molecule has 16 heavy (non-hydrogen) atoms. The fourth-order valence-electron chi connectivity index (χ4n) is 2.42. The zero-order valence-corrected chi connectivity index (χ0v) is 9.05. The van der Waals surface area contributed by atoms with E-state index < -0.39 is 0 Å². The van der Waals surface area contributed by atoms with Crippen LogP contribution in [-0.2, 0) is 4.79 Å². The minimum atomic E-state index is -0.187. The lowest BCUT2D eigenvalue weighted by Crippen LogP contribution is -2.45. The van der Waals surface area contributed by atoms with Gasteiger partial charge in [-0.05, 0) is 31.0 Å². The van der Waals surface area contributed by atoms with Gasteiger partial charge in [0.15, 0.2) is 0 Å². The third kappa shape index (κ3) is 1.26. The molecule has 3 rings (SSSR count). The number of hydrogen-bond acceptors (Lipinski definition) is 3. The summed E-state index contributed by atoms with van der Waals surface area (Å²) in [7, 11) is 0. The zero-order chi connectivity index (χ0) is 11.2. The van der Waals surface area contributed by atoms with E-state index in [4.69, 9.17) is 5.73 Å². The van der Waals surface area contributed by atoms with Crippen molar-refractivity contribution in [3.63, 3.8) is 0 Å². The van der Waals surface area contributed by atoms with E-state index in [2.05, 4.69) is 10.6 Å². The topological polar surface area (TPSA) is 67.1 Å². The first-order valence-electron chi connectivity index (χ1n) is 5.65. The van der Waals surface area contributed by atoms with Gasteiger partial charge in [0.2, 0.25) is 5.91 Å². The number of carbonyl (C=O) groups excluding carboxylic acids is 1. The molecule has 0 aromatic heterocycles. The van der Waals surface area contributed by atoms with Gasteiger partial charge in [-0.3, -0.25) is 4.79 Å². The number of nitrogens with one attached hydrogen (secondary N) is 2. The largest absolute Gasteiger partial charge is 0.399 e. The highest BCUT2D eigenvalue weighted by Crippen LogP contribution is 2.44. The first kappa shape index (κ1) is 9.51. The smallest absolute Gasteiger partial charge is 0.232 e. The van der Waals surface area contributed by atoms with Gasteiger partial charge in [0.05, 0.1) is 16.8 Å². The van der Waals surface area contributed by atoms with E-state index in [0.29, 0.717) is 5.69 Å². The Labute approximate surface area is 94.2 Å². The average Bonchev–Trinajstić information content (AvgIpc) is 2.33. The molecule has 1 amide bonds. The molecule has 4 N–H and O–H groups in total. The van der Waals surface area contributed by atoms with Crippen LogP contribution in [0.1, 0.15) is 19.3 Å². The Morgan fingerprint density at radius 2 is 2.06 bits per heavy atom. The summed E-state index contributed by atoms with van der Waals surface area (Å²) in [5.41, 5.74) is 8.02. The highest BCUT2D eigenvalue weighted by atomic mass is 16.2. The Balaban J connectivity index is 1.96. The fourth-order valence-corrected chi connectivity index (χ4v) is 2.42. The number of anilines is 3. The Morgan fingerprint density at radius 1 is 1.25 bits per heavy atom. The van der Waals surface area contributed by atoms with Crippen molar-refractivity contribution in [1.29, 1.82) is 0 Å². The van der Waals surface area contributed by atoms with Crippen molar-refractivity contribution in [3.8, 4) is 0 Å². The average molecular weight is 217 g/mol.